The van der Waals surface area contributed by atoms with Crippen molar-refractivity contribution in [1.82, 2.24) is 15.0 Å². The van der Waals surface area contributed by atoms with Gasteiger partial charge >= 0.3 is 0 Å². The lowest BCUT2D eigenvalue weighted by molar-refractivity contribution is 1.18. The van der Waals surface area contributed by atoms with E-state index in [0.717, 1.165) is 72.4 Å². The average Bonchev–Trinajstić information content (AvgIpc) is 3.45. The molecule has 0 bridgehead atoms. The summed E-state index contributed by atoms with van der Waals surface area (Å²) in [7, 11) is 0. The number of rotatable bonds is 10. The van der Waals surface area contributed by atoms with Gasteiger partial charge in [0.15, 0.2) is 5.82 Å². The van der Waals surface area contributed by atoms with Gasteiger partial charge in [0.1, 0.15) is 0 Å². The van der Waals surface area contributed by atoms with Crippen LogP contribution < -0.4 is 0 Å². The smallest absolute Gasteiger partial charge is 0.160 e. The molecule has 2 aromatic heterocycles. The highest BCUT2D eigenvalue weighted by Gasteiger charge is 2.16. The third-order valence-electron chi connectivity index (χ3n) is 13.1. The van der Waals surface area contributed by atoms with Crippen molar-refractivity contribution in [3.8, 4) is 112 Å². The summed E-state index contributed by atoms with van der Waals surface area (Å²) in [6.07, 6.45) is 1.89. The lowest BCUT2D eigenvalue weighted by Crippen LogP contribution is -1.97. The van der Waals surface area contributed by atoms with E-state index >= 15 is 0 Å². The second-order valence-corrected chi connectivity index (χ2v) is 17.6. The second kappa shape index (κ2) is 18.8. The van der Waals surface area contributed by atoms with Gasteiger partial charge < -0.3 is 0 Å². The van der Waals surface area contributed by atoms with Crippen molar-refractivity contribution in [3.05, 3.63) is 273 Å². The van der Waals surface area contributed by atoms with Gasteiger partial charge in [0, 0.05) is 33.8 Å². The van der Waals surface area contributed by atoms with Gasteiger partial charge in [0.25, 0.3) is 0 Å². The summed E-state index contributed by atoms with van der Waals surface area (Å²) >= 11 is 0. The van der Waals surface area contributed by atoms with Crippen LogP contribution in [0.5, 0.6) is 0 Å². The Balaban J connectivity index is 1.01. The maximum absolute atomic E-state index is 5.40. The van der Waals surface area contributed by atoms with Gasteiger partial charge in [-0.3, -0.25) is 4.98 Å². The maximum Gasteiger partial charge on any atom is 0.160 e. The third-order valence-corrected chi connectivity index (χ3v) is 13.1. The summed E-state index contributed by atoms with van der Waals surface area (Å²) in [4.78, 5) is 15.7. The molecular formula is C67H45N3. The molecule has 12 aromatic rings. The van der Waals surface area contributed by atoms with Crippen LogP contribution in [0.1, 0.15) is 0 Å². The summed E-state index contributed by atoms with van der Waals surface area (Å²) in [5.74, 6) is 0.639. The maximum atomic E-state index is 5.40. The molecule has 0 saturated carbocycles. The number of nitrogens with zero attached hydrogens (tertiary/aromatic N) is 3. The van der Waals surface area contributed by atoms with E-state index in [1.807, 2.05) is 6.20 Å². The Morgan fingerprint density at radius 1 is 0.214 bits per heavy atom. The van der Waals surface area contributed by atoms with Crippen molar-refractivity contribution < 1.29 is 0 Å². The van der Waals surface area contributed by atoms with Crippen LogP contribution in [0.15, 0.2) is 273 Å². The number of fused-ring (bicyclic) bond motifs is 1. The van der Waals surface area contributed by atoms with E-state index in [2.05, 4.69) is 267 Å². The molecule has 12 rings (SSSR count). The summed E-state index contributed by atoms with van der Waals surface area (Å²) in [5.41, 5.74) is 20.4. The Hall–Kier alpha value is -9.31. The fraction of sp³-hybridized carbons (Fsp3) is 0. The monoisotopic (exact) mass is 891 g/mol. The first-order chi connectivity index (χ1) is 34.6. The van der Waals surface area contributed by atoms with Gasteiger partial charge in [-0.15, -0.1) is 0 Å². The molecule has 0 aliphatic rings. The van der Waals surface area contributed by atoms with Gasteiger partial charge in [-0.25, -0.2) is 9.97 Å². The number of hydrogen-bond acceptors (Lipinski definition) is 3. The Labute approximate surface area is 408 Å². The quantitative estimate of drug-likeness (QED) is 0.137. The summed E-state index contributed by atoms with van der Waals surface area (Å²) in [6, 6.07) is 94.9. The number of benzene rings is 10. The highest BCUT2D eigenvalue weighted by molar-refractivity contribution is 5.95. The van der Waals surface area contributed by atoms with E-state index in [1.165, 1.54) is 44.5 Å². The molecule has 0 aliphatic carbocycles. The molecule has 3 heteroatoms. The van der Waals surface area contributed by atoms with Gasteiger partial charge in [0.05, 0.1) is 17.1 Å². The molecule has 3 nitrogen and oxygen atoms in total. The van der Waals surface area contributed by atoms with Gasteiger partial charge in [-0.05, 0) is 139 Å². The van der Waals surface area contributed by atoms with Crippen molar-refractivity contribution in [3.63, 3.8) is 0 Å². The van der Waals surface area contributed by atoms with Crippen LogP contribution >= 0.6 is 0 Å². The van der Waals surface area contributed by atoms with Crippen LogP contribution in [-0.4, -0.2) is 15.0 Å². The largest absolute Gasteiger partial charge is 0.256 e. The molecule has 0 N–H and O–H groups in total. The zero-order chi connectivity index (χ0) is 46.6. The minimum absolute atomic E-state index is 0.639. The number of hydrogen-bond donors (Lipinski definition) is 0. The van der Waals surface area contributed by atoms with Crippen molar-refractivity contribution in [2.45, 2.75) is 0 Å². The van der Waals surface area contributed by atoms with Crippen LogP contribution in [0.3, 0.4) is 0 Å². The zero-order valence-corrected chi connectivity index (χ0v) is 38.3. The molecule has 0 spiro atoms. The van der Waals surface area contributed by atoms with Gasteiger partial charge in [-0.1, -0.05) is 200 Å². The first kappa shape index (κ1) is 42.1. The normalized spacial score (nSPS) is 11.1. The molecule has 0 radical (unpaired) electrons. The molecule has 0 aliphatic heterocycles. The van der Waals surface area contributed by atoms with Crippen molar-refractivity contribution >= 4 is 10.8 Å². The van der Waals surface area contributed by atoms with Crippen LogP contribution in [0.4, 0.5) is 0 Å². The standard InChI is InChI=1S/C67H45N3/c1-5-18-46(19-6-1)57-39-58(47-20-7-2-8-21-47)42-61(41-57)51-27-15-29-53(36-51)64-45-65(70-67(69-64)56-32-17-31-55(38-56)66-63-33-14-13-26-50(63)34-35-68-66)54-30-16-28-52(37-54)62-43-59(48-22-9-3-10-23-48)40-60(44-62)49-24-11-4-12-25-49/h1-45H. The molecule has 70 heavy (non-hydrogen) atoms. The number of aromatic nitrogens is 3. The summed E-state index contributed by atoms with van der Waals surface area (Å²) in [6.45, 7) is 0. The first-order valence-electron chi connectivity index (χ1n) is 23.7. The van der Waals surface area contributed by atoms with Crippen LogP contribution in [0.25, 0.3) is 123 Å². The van der Waals surface area contributed by atoms with E-state index in [9.17, 15) is 0 Å². The molecule has 0 atom stereocenters. The molecule has 0 unspecified atom stereocenters. The van der Waals surface area contributed by atoms with E-state index in [4.69, 9.17) is 15.0 Å². The Morgan fingerprint density at radius 3 is 1.00 bits per heavy atom. The van der Waals surface area contributed by atoms with Crippen LogP contribution in [0, 0.1) is 0 Å². The second-order valence-electron chi connectivity index (χ2n) is 17.6. The van der Waals surface area contributed by atoms with Gasteiger partial charge in [-0.2, -0.15) is 0 Å². The molecule has 10 aromatic carbocycles. The molecule has 0 saturated heterocycles. The fourth-order valence-electron chi connectivity index (χ4n) is 9.52. The molecule has 328 valence electrons. The van der Waals surface area contributed by atoms with E-state index in [-0.39, 0.29) is 0 Å². The van der Waals surface area contributed by atoms with E-state index in [0.29, 0.717) is 5.82 Å². The van der Waals surface area contributed by atoms with Crippen molar-refractivity contribution in [2.24, 2.45) is 0 Å². The highest BCUT2D eigenvalue weighted by atomic mass is 14.9. The lowest BCUT2D eigenvalue weighted by atomic mass is 9.92. The van der Waals surface area contributed by atoms with Crippen molar-refractivity contribution in [2.75, 3.05) is 0 Å². The zero-order valence-electron chi connectivity index (χ0n) is 38.3. The Morgan fingerprint density at radius 2 is 0.543 bits per heavy atom. The lowest BCUT2D eigenvalue weighted by Gasteiger charge is -2.14. The molecule has 0 amide bonds. The molecular weight excluding hydrogens is 847 g/mol. The first-order valence-corrected chi connectivity index (χ1v) is 23.7. The topological polar surface area (TPSA) is 38.7 Å². The predicted octanol–water partition coefficient (Wildman–Crippen LogP) is 17.7. The van der Waals surface area contributed by atoms with E-state index in [1.54, 1.807) is 0 Å². The Kier molecular flexibility index (Phi) is 11.3. The van der Waals surface area contributed by atoms with E-state index < -0.39 is 0 Å². The average molecular weight is 892 g/mol. The summed E-state index contributed by atoms with van der Waals surface area (Å²) < 4.78 is 0. The third kappa shape index (κ3) is 8.72. The SMILES string of the molecule is c1ccc(-c2cc(-c3ccccc3)cc(-c3cccc(-c4cc(-c5cccc(-c6cc(-c7ccccc7)cc(-c7ccccc7)c6)c5)nc(-c5cccc(-c6nccc7ccccc67)c5)n4)c3)c2)cc1. The molecule has 2 heterocycles. The minimum atomic E-state index is 0.639. The predicted molar refractivity (Wildman–Crippen MR) is 292 cm³/mol. The Bertz CT molecular complexity index is 3500. The minimum Gasteiger partial charge on any atom is -0.256 e. The van der Waals surface area contributed by atoms with Gasteiger partial charge in [0.2, 0.25) is 0 Å². The highest BCUT2D eigenvalue weighted by Crippen LogP contribution is 2.38. The van der Waals surface area contributed by atoms with Crippen LogP contribution in [0.2, 0.25) is 0 Å². The van der Waals surface area contributed by atoms with Crippen molar-refractivity contribution in [1.29, 1.82) is 0 Å². The molecule has 0 fully saturated rings. The fourth-order valence-corrected chi connectivity index (χ4v) is 9.52. The summed E-state index contributed by atoms with van der Waals surface area (Å²) in [5, 5.41) is 2.25. The van der Waals surface area contributed by atoms with Crippen LogP contribution in [-0.2, 0) is 0 Å². The number of pyridine rings is 1.